The number of hydrogen-bond donors (Lipinski definition) is 5. The van der Waals surface area contributed by atoms with Crippen molar-refractivity contribution in [1.82, 2.24) is 10.3 Å². The number of pyridine rings is 1. The maximum atomic E-state index is 13.5. The highest BCUT2D eigenvalue weighted by molar-refractivity contribution is 5.98. The molecule has 2 aromatic carbocycles. The highest BCUT2D eigenvalue weighted by Crippen LogP contribution is 2.24. The first kappa shape index (κ1) is 26.8. The van der Waals surface area contributed by atoms with Gasteiger partial charge in [-0.1, -0.05) is 0 Å². The van der Waals surface area contributed by atoms with Crippen LogP contribution in [0.25, 0.3) is 0 Å². The third kappa shape index (κ3) is 7.12. The van der Waals surface area contributed by atoms with Gasteiger partial charge in [0.1, 0.15) is 17.5 Å². The number of rotatable bonds is 8. The normalized spacial score (nSPS) is 13.4. The lowest BCUT2D eigenvalue weighted by Gasteiger charge is -2.21. The second-order valence-electron chi connectivity index (χ2n) is 8.33. The molecule has 1 aliphatic rings. The fraction of sp³-hybridized carbons (Fsp3) is 0.240. The van der Waals surface area contributed by atoms with Crippen molar-refractivity contribution in [2.24, 2.45) is 11.7 Å². The summed E-state index contributed by atoms with van der Waals surface area (Å²) < 4.78 is 26.9. The van der Waals surface area contributed by atoms with Crippen LogP contribution in [0.3, 0.4) is 0 Å². The molecule has 3 aromatic rings. The molecule has 1 fully saturated rings. The van der Waals surface area contributed by atoms with Crippen molar-refractivity contribution < 1.29 is 18.4 Å². The highest BCUT2D eigenvalue weighted by atomic mass is 35.5. The molecule has 1 aliphatic heterocycles. The first-order valence-corrected chi connectivity index (χ1v) is 11.2. The van der Waals surface area contributed by atoms with Crippen molar-refractivity contribution in [3.8, 4) is 0 Å². The summed E-state index contributed by atoms with van der Waals surface area (Å²) >= 11 is 0. The zero-order valence-electron chi connectivity index (χ0n) is 19.3. The number of primary amides is 1. The van der Waals surface area contributed by atoms with E-state index in [0.29, 0.717) is 28.4 Å². The summed E-state index contributed by atoms with van der Waals surface area (Å²) in [6, 6.07) is 11.9. The predicted molar refractivity (Wildman–Crippen MR) is 138 cm³/mol. The lowest BCUT2D eigenvalue weighted by molar-refractivity contribution is -0.120. The molecule has 0 aliphatic carbocycles. The van der Waals surface area contributed by atoms with Crippen LogP contribution >= 0.6 is 12.4 Å². The van der Waals surface area contributed by atoms with Crippen LogP contribution in [0.15, 0.2) is 54.7 Å². The van der Waals surface area contributed by atoms with E-state index in [9.17, 15) is 18.4 Å². The molecule has 1 aromatic heterocycles. The second kappa shape index (κ2) is 12.3. The minimum atomic E-state index is -0.690. The lowest BCUT2D eigenvalue weighted by atomic mass is 9.97. The minimum Gasteiger partial charge on any atom is -0.380 e. The maximum absolute atomic E-state index is 13.5. The lowest BCUT2D eigenvalue weighted by Crippen LogP contribution is -2.34. The Balaban J connectivity index is 0.00000361. The van der Waals surface area contributed by atoms with Crippen LogP contribution in [0, 0.1) is 17.6 Å². The summed E-state index contributed by atoms with van der Waals surface area (Å²) in [6.45, 7) is 1.76. The van der Waals surface area contributed by atoms with E-state index in [2.05, 4.69) is 26.3 Å². The largest absolute Gasteiger partial charge is 0.380 e. The molecule has 0 unspecified atom stereocenters. The predicted octanol–water partition coefficient (Wildman–Crippen LogP) is 4.17. The number of piperidine rings is 1. The molecule has 11 heteroatoms. The van der Waals surface area contributed by atoms with Gasteiger partial charge in [0, 0.05) is 42.2 Å². The smallest absolute Gasteiger partial charge is 0.252 e. The van der Waals surface area contributed by atoms with Gasteiger partial charge in [0.2, 0.25) is 5.91 Å². The zero-order chi connectivity index (χ0) is 24.8. The van der Waals surface area contributed by atoms with Crippen molar-refractivity contribution in [2.75, 3.05) is 29.0 Å². The van der Waals surface area contributed by atoms with Crippen molar-refractivity contribution >= 4 is 47.1 Å². The summed E-state index contributed by atoms with van der Waals surface area (Å²) in [4.78, 5) is 28.5. The van der Waals surface area contributed by atoms with E-state index in [-0.39, 0.29) is 36.3 Å². The molecule has 0 radical (unpaired) electrons. The van der Waals surface area contributed by atoms with Crippen LogP contribution in [0.2, 0.25) is 0 Å². The molecule has 4 rings (SSSR count). The van der Waals surface area contributed by atoms with Gasteiger partial charge in [0.15, 0.2) is 0 Å². The molecule has 1 saturated heterocycles. The van der Waals surface area contributed by atoms with Gasteiger partial charge in [0.25, 0.3) is 5.91 Å². The van der Waals surface area contributed by atoms with Gasteiger partial charge in [-0.3, -0.25) is 9.59 Å². The molecule has 190 valence electrons. The molecule has 0 saturated carbocycles. The van der Waals surface area contributed by atoms with Gasteiger partial charge in [-0.2, -0.15) is 0 Å². The molecule has 2 heterocycles. The number of hydrogen-bond acceptors (Lipinski definition) is 6. The Hall–Kier alpha value is -3.76. The third-order valence-electron chi connectivity index (χ3n) is 5.71. The fourth-order valence-corrected chi connectivity index (χ4v) is 3.89. The molecule has 0 spiro atoms. The number of anilines is 4. The Bertz CT molecular complexity index is 1200. The van der Waals surface area contributed by atoms with Crippen LogP contribution < -0.4 is 27.0 Å². The molecular formula is C25H27ClF2N6O2. The number of halogens is 3. The molecule has 2 amide bonds. The van der Waals surface area contributed by atoms with Crippen molar-refractivity contribution in [3.05, 3.63) is 77.5 Å². The van der Waals surface area contributed by atoms with Crippen molar-refractivity contribution in [3.63, 3.8) is 0 Å². The average molecular weight is 517 g/mol. The molecular weight excluding hydrogens is 490 g/mol. The fourth-order valence-electron chi connectivity index (χ4n) is 3.89. The number of carbonyl (C=O) groups is 2. The SMILES string of the molecule is Cl.NC(=O)c1cnc(Nc2ccc(NC(=O)C3CCNCC3)cc2)cc1NCc1cc(F)cc(F)c1. The molecule has 8 nitrogen and oxygen atoms in total. The van der Waals surface area contributed by atoms with Crippen LogP contribution in [0.1, 0.15) is 28.8 Å². The number of carbonyl (C=O) groups excluding carboxylic acids is 2. The number of nitrogens with zero attached hydrogens (tertiary/aromatic N) is 1. The minimum absolute atomic E-state index is 0. The standard InChI is InChI=1S/C25H26F2N6O2.ClH/c26-17-9-15(10-18(27)11-17)13-30-22-12-23(31-14-21(22)24(28)34)32-19-1-3-20(4-2-19)33-25(35)16-5-7-29-8-6-16;/h1-4,9-12,14,16,29H,5-8,13H2,(H2,28,34)(H,33,35)(H2,30,31,32);1H. The van der Waals surface area contributed by atoms with Gasteiger partial charge >= 0.3 is 0 Å². The second-order valence-corrected chi connectivity index (χ2v) is 8.33. The highest BCUT2D eigenvalue weighted by Gasteiger charge is 2.20. The van der Waals surface area contributed by atoms with E-state index in [0.717, 1.165) is 32.0 Å². The topological polar surface area (TPSA) is 121 Å². The average Bonchev–Trinajstić information content (AvgIpc) is 2.84. The van der Waals surface area contributed by atoms with Gasteiger partial charge in [-0.25, -0.2) is 13.8 Å². The van der Waals surface area contributed by atoms with E-state index < -0.39 is 17.5 Å². The van der Waals surface area contributed by atoms with E-state index in [4.69, 9.17) is 5.73 Å². The maximum Gasteiger partial charge on any atom is 0.252 e. The summed E-state index contributed by atoms with van der Waals surface area (Å²) in [5.74, 6) is -1.62. The van der Waals surface area contributed by atoms with Crippen molar-refractivity contribution in [2.45, 2.75) is 19.4 Å². The van der Waals surface area contributed by atoms with Gasteiger partial charge in [0.05, 0.1) is 11.3 Å². The Kier molecular flexibility index (Phi) is 9.15. The van der Waals surface area contributed by atoms with E-state index in [1.807, 2.05) is 0 Å². The quantitative estimate of drug-likeness (QED) is 0.306. The Morgan fingerprint density at radius 2 is 1.64 bits per heavy atom. The Labute approximate surface area is 213 Å². The van der Waals surface area contributed by atoms with Gasteiger partial charge in [-0.05, 0) is 67.9 Å². The van der Waals surface area contributed by atoms with Gasteiger partial charge in [-0.15, -0.1) is 12.4 Å². The number of nitrogens with two attached hydrogens (primary N) is 1. The monoisotopic (exact) mass is 516 g/mol. The Morgan fingerprint density at radius 1 is 1.00 bits per heavy atom. The van der Waals surface area contributed by atoms with Crippen LogP contribution in [0.5, 0.6) is 0 Å². The van der Waals surface area contributed by atoms with E-state index in [1.165, 1.54) is 18.3 Å². The first-order valence-electron chi connectivity index (χ1n) is 11.2. The van der Waals surface area contributed by atoms with Crippen molar-refractivity contribution in [1.29, 1.82) is 0 Å². The Morgan fingerprint density at radius 3 is 2.28 bits per heavy atom. The van der Waals surface area contributed by atoms with E-state index in [1.54, 1.807) is 30.3 Å². The molecule has 6 N–H and O–H groups in total. The zero-order valence-corrected chi connectivity index (χ0v) is 20.1. The van der Waals surface area contributed by atoms with Crippen LogP contribution in [0.4, 0.5) is 31.7 Å². The first-order chi connectivity index (χ1) is 16.9. The number of nitrogens with one attached hydrogen (secondary N) is 4. The summed E-state index contributed by atoms with van der Waals surface area (Å²) in [5.41, 5.74) is 7.73. The number of benzene rings is 2. The van der Waals surface area contributed by atoms with E-state index >= 15 is 0 Å². The molecule has 0 bridgehead atoms. The van der Waals surface area contributed by atoms with Crippen LogP contribution in [-0.4, -0.2) is 29.9 Å². The molecule has 0 atom stereocenters. The summed E-state index contributed by atoms with van der Waals surface area (Å²) in [5, 5.41) is 12.3. The molecule has 36 heavy (non-hydrogen) atoms. The van der Waals surface area contributed by atoms with Crippen LogP contribution in [-0.2, 0) is 11.3 Å². The number of aromatic nitrogens is 1. The summed E-state index contributed by atoms with van der Waals surface area (Å²) in [6.07, 6.45) is 2.97. The number of amides is 2. The summed E-state index contributed by atoms with van der Waals surface area (Å²) in [7, 11) is 0. The third-order valence-corrected chi connectivity index (χ3v) is 5.71. The van der Waals surface area contributed by atoms with Gasteiger partial charge < -0.3 is 27.0 Å².